The molecule has 0 unspecified atom stereocenters. The maximum atomic E-state index is 5.42. The van der Waals surface area contributed by atoms with Gasteiger partial charge in [0.25, 0.3) is 0 Å². The van der Waals surface area contributed by atoms with Gasteiger partial charge in [-0.1, -0.05) is 5.57 Å². The Kier molecular flexibility index (Phi) is 1.54. The van der Waals surface area contributed by atoms with E-state index in [9.17, 15) is 0 Å². The Hall–Kier alpha value is -1.51. The zero-order valence-electron chi connectivity index (χ0n) is 8.04. The average Bonchev–Trinajstić information content (AvgIpc) is 2.66. The molecule has 0 radical (unpaired) electrons. The molecule has 0 aliphatic carbocycles. The van der Waals surface area contributed by atoms with Crippen LogP contribution >= 0.6 is 0 Å². The van der Waals surface area contributed by atoms with Gasteiger partial charge in [-0.3, -0.25) is 4.99 Å². The first-order valence-electron chi connectivity index (χ1n) is 4.79. The lowest BCUT2D eigenvalue weighted by molar-refractivity contribution is 0.173. The molecule has 0 N–H and O–H groups in total. The molecule has 0 spiro atoms. The molecule has 1 aromatic rings. The molecule has 3 heteroatoms. The molecule has 0 amide bonds. The van der Waals surface area contributed by atoms with Gasteiger partial charge in [0.05, 0.1) is 0 Å². The maximum absolute atomic E-state index is 5.42. The van der Waals surface area contributed by atoms with Gasteiger partial charge in [-0.2, -0.15) is 0 Å². The molecule has 2 aliphatic heterocycles. The van der Waals surface area contributed by atoms with Gasteiger partial charge in [-0.25, -0.2) is 0 Å². The Labute approximate surface area is 81.7 Å². The van der Waals surface area contributed by atoms with Crippen molar-refractivity contribution in [2.45, 2.75) is 13.3 Å². The first-order valence-corrected chi connectivity index (χ1v) is 4.79. The zero-order valence-corrected chi connectivity index (χ0v) is 8.04. The Morgan fingerprint density at radius 1 is 1.29 bits per heavy atom. The summed E-state index contributed by atoms with van der Waals surface area (Å²) in [5, 5.41) is 2.18. The Morgan fingerprint density at radius 2 is 2.21 bits per heavy atom. The van der Waals surface area contributed by atoms with Crippen LogP contribution in [-0.2, 0) is 0 Å². The second-order valence-corrected chi connectivity index (χ2v) is 3.61. The van der Waals surface area contributed by atoms with Crippen LogP contribution in [0.15, 0.2) is 17.1 Å². The Balaban J connectivity index is 2.44. The predicted molar refractivity (Wildman–Crippen MR) is 51.9 cm³/mol. The monoisotopic (exact) mass is 189 g/mol. The Morgan fingerprint density at radius 3 is 3.14 bits per heavy atom. The van der Waals surface area contributed by atoms with Crippen LogP contribution in [0, 0.1) is 0 Å². The van der Waals surface area contributed by atoms with Crippen molar-refractivity contribution < 1.29 is 9.47 Å². The molecule has 0 saturated carbocycles. The standard InChI is InChI=1S/C11H11NO2/c1-7-4-5-12-10-8(7)2-3-9-11(10)14-6-13-9/h2-3H,4-6H2,1H3. The number of benzene rings is 1. The molecule has 0 bridgehead atoms. The van der Waals surface area contributed by atoms with Gasteiger partial charge in [0.1, 0.15) is 5.36 Å². The van der Waals surface area contributed by atoms with Gasteiger partial charge in [-0.05, 0) is 25.5 Å². The third kappa shape index (κ3) is 0.953. The van der Waals surface area contributed by atoms with E-state index in [1.807, 2.05) is 6.07 Å². The second kappa shape index (κ2) is 2.74. The smallest absolute Gasteiger partial charge is 0.231 e. The van der Waals surface area contributed by atoms with Gasteiger partial charge < -0.3 is 9.47 Å². The van der Waals surface area contributed by atoms with E-state index in [-0.39, 0.29) is 0 Å². The fraction of sp³-hybridized carbons (Fsp3) is 0.364. The number of hydrogen-bond acceptors (Lipinski definition) is 3. The highest BCUT2D eigenvalue weighted by Crippen LogP contribution is 2.26. The molecule has 2 aliphatic rings. The number of rotatable bonds is 0. The average molecular weight is 189 g/mol. The first kappa shape index (κ1) is 7.85. The van der Waals surface area contributed by atoms with Gasteiger partial charge in [-0.15, -0.1) is 0 Å². The normalized spacial score (nSPS) is 17.6. The number of fused-ring (bicyclic) bond motifs is 3. The minimum absolute atomic E-state index is 0.320. The summed E-state index contributed by atoms with van der Waals surface area (Å²) >= 11 is 0. The molecular formula is C11H11NO2. The van der Waals surface area contributed by atoms with E-state index in [4.69, 9.17) is 9.47 Å². The molecule has 72 valence electrons. The van der Waals surface area contributed by atoms with Crippen LogP contribution in [0.25, 0.3) is 5.57 Å². The third-order valence-corrected chi connectivity index (χ3v) is 2.73. The summed E-state index contributed by atoms with van der Waals surface area (Å²) in [4.78, 5) is 4.49. The van der Waals surface area contributed by atoms with Gasteiger partial charge >= 0.3 is 0 Å². The predicted octanol–water partition coefficient (Wildman–Crippen LogP) is 0.609. The molecule has 2 heterocycles. The summed E-state index contributed by atoms with van der Waals surface area (Å²) < 4.78 is 10.7. The fourth-order valence-electron chi connectivity index (χ4n) is 1.93. The first-order chi connectivity index (χ1) is 6.86. The highest BCUT2D eigenvalue weighted by atomic mass is 16.7. The summed E-state index contributed by atoms with van der Waals surface area (Å²) in [6.45, 7) is 3.33. The molecule has 0 atom stereocenters. The van der Waals surface area contributed by atoms with E-state index < -0.39 is 0 Å². The van der Waals surface area contributed by atoms with Crippen molar-refractivity contribution in [1.29, 1.82) is 0 Å². The van der Waals surface area contributed by atoms with Crippen molar-refractivity contribution in [3.8, 4) is 11.5 Å². The van der Waals surface area contributed by atoms with Crippen molar-refractivity contribution in [3.63, 3.8) is 0 Å². The third-order valence-electron chi connectivity index (χ3n) is 2.73. The molecule has 0 fully saturated rings. The van der Waals surface area contributed by atoms with E-state index in [2.05, 4.69) is 18.0 Å². The molecule has 0 saturated heterocycles. The lowest BCUT2D eigenvalue weighted by atomic mass is 10.1. The minimum atomic E-state index is 0.320. The highest BCUT2D eigenvalue weighted by Gasteiger charge is 2.17. The topological polar surface area (TPSA) is 30.8 Å². The van der Waals surface area contributed by atoms with Gasteiger partial charge in [0.2, 0.25) is 6.79 Å². The number of nitrogens with zero attached hydrogens (tertiary/aromatic N) is 1. The van der Waals surface area contributed by atoms with E-state index in [1.54, 1.807) is 0 Å². The lowest BCUT2D eigenvalue weighted by Crippen LogP contribution is -2.31. The molecule has 0 aromatic heterocycles. The highest BCUT2D eigenvalue weighted by molar-refractivity contribution is 5.50. The van der Waals surface area contributed by atoms with E-state index in [1.165, 1.54) is 10.8 Å². The molecule has 1 aromatic carbocycles. The SMILES string of the molecule is CC1=c2ccc3c(c2=NCC1)OCO3. The van der Waals surface area contributed by atoms with Crippen LogP contribution in [0.1, 0.15) is 13.3 Å². The summed E-state index contributed by atoms with van der Waals surface area (Å²) in [7, 11) is 0. The van der Waals surface area contributed by atoms with Crippen LogP contribution in [0.4, 0.5) is 0 Å². The summed E-state index contributed by atoms with van der Waals surface area (Å²) in [6, 6.07) is 4.03. The largest absolute Gasteiger partial charge is 0.454 e. The molecule has 3 rings (SSSR count). The second-order valence-electron chi connectivity index (χ2n) is 3.61. The van der Waals surface area contributed by atoms with Crippen LogP contribution in [-0.4, -0.2) is 13.3 Å². The van der Waals surface area contributed by atoms with Crippen LogP contribution in [0.2, 0.25) is 0 Å². The van der Waals surface area contributed by atoms with Gasteiger partial charge in [0, 0.05) is 11.8 Å². The fourth-order valence-corrected chi connectivity index (χ4v) is 1.93. The summed E-state index contributed by atoms with van der Waals surface area (Å²) in [5.41, 5.74) is 1.38. The van der Waals surface area contributed by atoms with E-state index >= 15 is 0 Å². The molecule has 14 heavy (non-hydrogen) atoms. The Bertz CT molecular complexity index is 505. The maximum Gasteiger partial charge on any atom is 0.231 e. The minimum Gasteiger partial charge on any atom is -0.454 e. The van der Waals surface area contributed by atoms with Gasteiger partial charge in [0.15, 0.2) is 11.5 Å². The number of ether oxygens (including phenoxy) is 2. The van der Waals surface area contributed by atoms with Crippen LogP contribution in [0.3, 0.4) is 0 Å². The van der Waals surface area contributed by atoms with Crippen LogP contribution < -0.4 is 20.0 Å². The van der Waals surface area contributed by atoms with E-state index in [0.717, 1.165) is 29.8 Å². The van der Waals surface area contributed by atoms with Crippen LogP contribution in [0.5, 0.6) is 11.5 Å². The molecular weight excluding hydrogens is 178 g/mol. The van der Waals surface area contributed by atoms with Crippen molar-refractivity contribution in [1.82, 2.24) is 0 Å². The molecule has 3 nitrogen and oxygen atoms in total. The zero-order chi connectivity index (χ0) is 9.54. The van der Waals surface area contributed by atoms with Crippen molar-refractivity contribution >= 4 is 5.57 Å². The van der Waals surface area contributed by atoms with Crippen molar-refractivity contribution in [2.24, 2.45) is 4.99 Å². The van der Waals surface area contributed by atoms with Crippen molar-refractivity contribution in [2.75, 3.05) is 13.3 Å². The summed E-state index contributed by atoms with van der Waals surface area (Å²) in [6.07, 6.45) is 1.05. The van der Waals surface area contributed by atoms with E-state index in [0.29, 0.717) is 6.79 Å². The van der Waals surface area contributed by atoms with Crippen molar-refractivity contribution in [3.05, 3.63) is 22.7 Å². The summed E-state index contributed by atoms with van der Waals surface area (Å²) in [5.74, 6) is 1.64. The number of hydrogen-bond donors (Lipinski definition) is 0. The quantitative estimate of drug-likeness (QED) is 0.598. The lowest BCUT2D eigenvalue weighted by Gasteiger charge is -2.07.